The summed E-state index contributed by atoms with van der Waals surface area (Å²) in [6.45, 7) is 9.33. The average Bonchev–Trinajstić information content (AvgIpc) is 2.54. The topological polar surface area (TPSA) is 92.5 Å². The molecule has 144 valence electrons. The van der Waals surface area contributed by atoms with Crippen molar-refractivity contribution < 1.29 is 13.2 Å². The number of halogens is 1. The Morgan fingerprint density at radius 2 is 1.68 bits per heavy atom. The number of benzene rings is 1. The summed E-state index contributed by atoms with van der Waals surface area (Å²) >= 11 is 0. The molecule has 0 radical (unpaired) electrons. The molecule has 0 heterocycles. The third-order valence-corrected chi connectivity index (χ3v) is 5.36. The van der Waals surface area contributed by atoms with Crippen molar-refractivity contribution in [3.05, 3.63) is 29.8 Å². The molecule has 0 aromatic heterocycles. The molecular formula is C17H30ClN3O3S. The van der Waals surface area contributed by atoms with Gasteiger partial charge in [0.05, 0.1) is 4.90 Å². The van der Waals surface area contributed by atoms with E-state index in [1.54, 1.807) is 17.0 Å². The Balaban J connectivity index is 0.00000576. The SMILES string of the molecule is CCN(CC)C(=O)c1ccc(S(=O)(=O)NC(CN)CC(C)C)cc1.Cl. The second kappa shape index (κ2) is 10.8. The van der Waals surface area contributed by atoms with Crippen LogP contribution in [0, 0.1) is 5.92 Å². The number of hydrogen-bond donors (Lipinski definition) is 2. The van der Waals surface area contributed by atoms with E-state index in [1.807, 2.05) is 27.7 Å². The lowest BCUT2D eigenvalue weighted by atomic mass is 10.1. The van der Waals surface area contributed by atoms with Crippen molar-refractivity contribution in [2.45, 2.75) is 45.1 Å². The molecule has 1 rings (SSSR count). The van der Waals surface area contributed by atoms with Crippen LogP contribution in [0.4, 0.5) is 0 Å². The molecule has 3 N–H and O–H groups in total. The van der Waals surface area contributed by atoms with Gasteiger partial charge in [-0.2, -0.15) is 0 Å². The number of sulfonamides is 1. The summed E-state index contributed by atoms with van der Waals surface area (Å²) < 4.78 is 27.5. The van der Waals surface area contributed by atoms with Gasteiger partial charge < -0.3 is 10.6 Å². The predicted octanol–water partition coefficient (Wildman–Crippen LogP) is 2.24. The minimum Gasteiger partial charge on any atom is -0.339 e. The van der Waals surface area contributed by atoms with E-state index in [9.17, 15) is 13.2 Å². The molecule has 0 saturated carbocycles. The average molecular weight is 392 g/mol. The molecule has 0 aliphatic rings. The molecule has 0 aliphatic carbocycles. The maximum atomic E-state index is 12.4. The number of nitrogens with one attached hydrogen (secondary N) is 1. The first kappa shape index (κ1) is 23.9. The molecule has 1 amide bonds. The van der Waals surface area contributed by atoms with Crippen LogP contribution in [-0.2, 0) is 10.0 Å². The summed E-state index contributed by atoms with van der Waals surface area (Å²) in [5.74, 6) is 0.242. The van der Waals surface area contributed by atoms with Crippen LogP contribution in [0.3, 0.4) is 0 Å². The van der Waals surface area contributed by atoms with Gasteiger partial charge in [0.2, 0.25) is 10.0 Å². The van der Waals surface area contributed by atoms with Crippen molar-refractivity contribution in [2.24, 2.45) is 11.7 Å². The van der Waals surface area contributed by atoms with Crippen molar-refractivity contribution in [1.82, 2.24) is 9.62 Å². The van der Waals surface area contributed by atoms with E-state index in [-0.39, 0.29) is 35.8 Å². The van der Waals surface area contributed by atoms with Gasteiger partial charge in [0.15, 0.2) is 0 Å². The largest absolute Gasteiger partial charge is 0.339 e. The van der Waals surface area contributed by atoms with Crippen LogP contribution in [0.5, 0.6) is 0 Å². The highest BCUT2D eigenvalue weighted by molar-refractivity contribution is 7.89. The van der Waals surface area contributed by atoms with Crippen LogP contribution in [0.15, 0.2) is 29.2 Å². The van der Waals surface area contributed by atoms with Crippen LogP contribution in [-0.4, -0.2) is 44.9 Å². The van der Waals surface area contributed by atoms with Crippen LogP contribution < -0.4 is 10.5 Å². The number of nitrogens with two attached hydrogens (primary N) is 1. The van der Waals surface area contributed by atoms with Crippen molar-refractivity contribution in [1.29, 1.82) is 0 Å². The maximum Gasteiger partial charge on any atom is 0.253 e. The van der Waals surface area contributed by atoms with Gasteiger partial charge in [-0.25, -0.2) is 13.1 Å². The lowest BCUT2D eigenvalue weighted by Crippen LogP contribution is -2.41. The second-order valence-electron chi connectivity index (χ2n) is 6.19. The fourth-order valence-corrected chi connectivity index (χ4v) is 3.78. The Morgan fingerprint density at radius 1 is 1.16 bits per heavy atom. The predicted molar refractivity (Wildman–Crippen MR) is 104 cm³/mol. The van der Waals surface area contributed by atoms with Crippen LogP contribution in [0.2, 0.25) is 0 Å². The third kappa shape index (κ3) is 6.93. The smallest absolute Gasteiger partial charge is 0.253 e. The molecule has 8 heteroatoms. The molecule has 1 atom stereocenters. The lowest BCUT2D eigenvalue weighted by Gasteiger charge is -2.20. The summed E-state index contributed by atoms with van der Waals surface area (Å²) in [6.07, 6.45) is 0.675. The highest BCUT2D eigenvalue weighted by Crippen LogP contribution is 2.14. The number of rotatable bonds is 9. The van der Waals surface area contributed by atoms with Gasteiger partial charge >= 0.3 is 0 Å². The molecule has 6 nitrogen and oxygen atoms in total. The Kier molecular flexibility index (Phi) is 10.3. The quantitative estimate of drug-likeness (QED) is 0.675. The molecule has 1 aromatic rings. The summed E-state index contributed by atoms with van der Waals surface area (Å²) in [5, 5.41) is 0. The number of carbonyl (C=O) groups is 1. The van der Waals surface area contributed by atoms with E-state index >= 15 is 0 Å². The van der Waals surface area contributed by atoms with Gasteiger partial charge in [-0.15, -0.1) is 12.4 Å². The number of amides is 1. The summed E-state index contributed by atoms with van der Waals surface area (Å²) in [7, 11) is -3.65. The van der Waals surface area contributed by atoms with Crippen molar-refractivity contribution >= 4 is 28.3 Å². The van der Waals surface area contributed by atoms with Gasteiger partial charge in [-0.1, -0.05) is 13.8 Å². The van der Waals surface area contributed by atoms with Crippen LogP contribution in [0.1, 0.15) is 44.5 Å². The Morgan fingerprint density at radius 3 is 2.08 bits per heavy atom. The first-order valence-electron chi connectivity index (χ1n) is 8.36. The molecule has 1 aromatic carbocycles. The summed E-state index contributed by atoms with van der Waals surface area (Å²) in [5.41, 5.74) is 6.14. The van der Waals surface area contributed by atoms with E-state index in [1.165, 1.54) is 12.1 Å². The number of hydrogen-bond acceptors (Lipinski definition) is 4. The summed E-state index contributed by atoms with van der Waals surface area (Å²) in [4.78, 5) is 14.1. The van der Waals surface area contributed by atoms with Gasteiger partial charge in [0.1, 0.15) is 0 Å². The van der Waals surface area contributed by atoms with E-state index in [0.717, 1.165) is 0 Å². The van der Waals surface area contributed by atoms with Crippen molar-refractivity contribution in [3.8, 4) is 0 Å². The van der Waals surface area contributed by atoms with Gasteiger partial charge in [-0.3, -0.25) is 4.79 Å². The zero-order valence-corrected chi connectivity index (χ0v) is 17.0. The normalized spacial score (nSPS) is 12.6. The van der Waals surface area contributed by atoms with Gasteiger partial charge in [0.25, 0.3) is 5.91 Å². The van der Waals surface area contributed by atoms with E-state index in [2.05, 4.69) is 4.72 Å². The van der Waals surface area contributed by atoms with Crippen molar-refractivity contribution in [3.63, 3.8) is 0 Å². The fourth-order valence-electron chi connectivity index (χ4n) is 2.52. The van der Waals surface area contributed by atoms with Crippen LogP contribution >= 0.6 is 12.4 Å². The van der Waals surface area contributed by atoms with E-state index in [0.29, 0.717) is 31.0 Å². The van der Waals surface area contributed by atoms with Gasteiger partial charge in [-0.05, 0) is 50.5 Å². The Bertz CT molecular complexity index is 629. The minimum atomic E-state index is -3.65. The number of nitrogens with zero attached hydrogens (tertiary/aromatic N) is 1. The monoisotopic (exact) mass is 391 g/mol. The van der Waals surface area contributed by atoms with Crippen LogP contribution in [0.25, 0.3) is 0 Å². The van der Waals surface area contributed by atoms with E-state index < -0.39 is 10.0 Å². The fraction of sp³-hybridized carbons (Fsp3) is 0.588. The highest BCUT2D eigenvalue weighted by atomic mass is 35.5. The van der Waals surface area contributed by atoms with Gasteiger partial charge in [0, 0.05) is 31.2 Å². The van der Waals surface area contributed by atoms with Crippen molar-refractivity contribution in [2.75, 3.05) is 19.6 Å². The zero-order chi connectivity index (χ0) is 18.3. The second-order valence-corrected chi connectivity index (χ2v) is 7.90. The zero-order valence-electron chi connectivity index (χ0n) is 15.4. The Hall–Kier alpha value is -1.15. The lowest BCUT2D eigenvalue weighted by molar-refractivity contribution is 0.0773. The van der Waals surface area contributed by atoms with E-state index in [4.69, 9.17) is 5.73 Å². The number of carbonyl (C=O) groups excluding carboxylic acids is 1. The minimum absolute atomic E-state index is 0. The third-order valence-electron chi connectivity index (χ3n) is 3.82. The molecule has 0 fully saturated rings. The molecule has 1 unspecified atom stereocenters. The standard InChI is InChI=1S/C17H29N3O3S.ClH/c1-5-20(6-2)17(21)14-7-9-16(10-8-14)24(22,23)19-15(12-18)11-13(3)4;/h7-10,13,15,19H,5-6,11-12,18H2,1-4H3;1H. The Labute approximate surface area is 157 Å². The maximum absolute atomic E-state index is 12.4. The molecule has 0 aliphatic heterocycles. The first-order chi connectivity index (χ1) is 11.2. The summed E-state index contributed by atoms with van der Waals surface area (Å²) in [6, 6.07) is 5.72. The molecule has 0 bridgehead atoms. The molecular weight excluding hydrogens is 362 g/mol. The highest BCUT2D eigenvalue weighted by Gasteiger charge is 2.21. The molecule has 0 saturated heterocycles. The molecule has 0 spiro atoms. The first-order valence-corrected chi connectivity index (χ1v) is 9.85. The molecule has 25 heavy (non-hydrogen) atoms.